The van der Waals surface area contributed by atoms with Crippen LogP contribution < -0.4 is 10.6 Å². The zero-order chi connectivity index (χ0) is 30.2. The molecular weight excluding hydrogens is 545 g/mol. The van der Waals surface area contributed by atoms with Gasteiger partial charge in [-0.3, -0.25) is 0 Å². The van der Waals surface area contributed by atoms with Crippen molar-refractivity contribution >= 4 is 45.9 Å². The Balaban J connectivity index is 1.19. The molecule has 0 spiro atoms. The van der Waals surface area contributed by atoms with Gasteiger partial charge in [-0.25, -0.2) is 0 Å². The molecule has 0 amide bonds. The number of para-hydroxylation sites is 4. The first-order valence-electron chi connectivity index (χ1n) is 14.8. The van der Waals surface area contributed by atoms with Gasteiger partial charge in [0.05, 0.1) is 22.2 Å². The predicted molar refractivity (Wildman–Crippen MR) is 183 cm³/mol. The molecule has 5 heteroatoms. The molecule has 0 aliphatic carbocycles. The molecule has 0 radical (unpaired) electrons. The van der Waals surface area contributed by atoms with Crippen molar-refractivity contribution in [3.63, 3.8) is 0 Å². The van der Waals surface area contributed by atoms with Gasteiger partial charge in [0, 0.05) is 57.6 Å². The molecule has 0 aromatic heterocycles. The highest BCUT2D eigenvalue weighted by molar-refractivity contribution is 7.99. The van der Waals surface area contributed by atoms with Gasteiger partial charge in [-0.05, 0) is 52.0 Å². The topological polar surface area (TPSA) is 30.1 Å². The van der Waals surface area contributed by atoms with Crippen molar-refractivity contribution in [2.75, 3.05) is 24.7 Å². The quantitative estimate of drug-likeness (QED) is 0.203. The van der Waals surface area contributed by atoms with Crippen LogP contribution in [0.25, 0.3) is 0 Å². The van der Waals surface area contributed by atoms with Crippen molar-refractivity contribution in [3.8, 4) is 0 Å². The monoisotopic (exact) mass is 584 g/mol. The van der Waals surface area contributed by atoms with Gasteiger partial charge in [0.25, 0.3) is 0 Å². The summed E-state index contributed by atoms with van der Waals surface area (Å²) in [4.78, 5) is 2.33. The fourth-order valence-corrected chi connectivity index (χ4v) is 7.50. The second-order valence-corrected chi connectivity index (χ2v) is 13.3. The summed E-state index contributed by atoms with van der Waals surface area (Å²) < 4.78 is 4.59. The highest BCUT2D eigenvalue weighted by atomic mass is 32.2. The summed E-state index contributed by atoms with van der Waals surface area (Å²) in [6, 6.07) is 34.3. The maximum atomic E-state index is 3.58. The van der Waals surface area contributed by atoms with Crippen LogP contribution in [0, 0.1) is 0 Å². The summed E-state index contributed by atoms with van der Waals surface area (Å²) in [5, 5.41) is 7.15. The normalized spacial score (nSPS) is 16.7. The summed E-state index contributed by atoms with van der Waals surface area (Å²) >= 11 is 1.76. The second kappa shape index (κ2) is 11.4. The van der Waals surface area contributed by atoms with Gasteiger partial charge in [0.2, 0.25) is 11.4 Å². The number of benzene rings is 4. The molecule has 2 heterocycles. The largest absolute Gasteiger partial charge is 0.361 e. The standard InChI is InChI=1S/C38H38N4S/c1-37(2)27-15-7-11-19-31(27)41(5)35(37)23-25-39-29-17-9-13-21-33(29)43-34-22-14-10-18-30(34)40-26-24-36-38(3,4)28-16-8-12-20-32(28)42(36)6/h7-26H,1-6H3/p+2. The van der Waals surface area contributed by atoms with E-state index < -0.39 is 0 Å². The van der Waals surface area contributed by atoms with Gasteiger partial charge >= 0.3 is 0 Å². The minimum Gasteiger partial charge on any atom is -0.361 e. The molecule has 2 aliphatic heterocycles. The number of hydrogen-bond donors (Lipinski definition) is 2. The zero-order valence-corrected chi connectivity index (χ0v) is 26.7. The minimum atomic E-state index is -0.0560. The third-order valence-electron chi connectivity index (χ3n) is 8.84. The molecule has 43 heavy (non-hydrogen) atoms. The highest BCUT2D eigenvalue weighted by Crippen LogP contribution is 2.41. The van der Waals surface area contributed by atoms with Crippen LogP contribution in [-0.4, -0.2) is 34.7 Å². The van der Waals surface area contributed by atoms with E-state index in [1.807, 2.05) is 0 Å². The van der Waals surface area contributed by atoms with Crippen molar-refractivity contribution in [3.05, 3.63) is 133 Å². The number of fused-ring (bicyclic) bond motifs is 2. The third kappa shape index (κ3) is 5.23. The number of nitrogens with zero attached hydrogens (tertiary/aromatic N) is 2. The molecule has 0 fully saturated rings. The molecule has 6 rings (SSSR count). The molecule has 0 bridgehead atoms. The van der Waals surface area contributed by atoms with Crippen molar-refractivity contribution in [1.82, 2.24) is 0 Å². The number of rotatable bonds is 8. The first kappa shape index (κ1) is 28.8. The average Bonchev–Trinajstić information content (AvgIpc) is 3.33. The molecule has 4 aromatic carbocycles. The molecular formula is C38H40N4S+2. The van der Waals surface area contributed by atoms with E-state index in [1.165, 1.54) is 43.7 Å². The molecule has 216 valence electrons. The Labute approximate surface area is 260 Å². The maximum absolute atomic E-state index is 3.58. The molecule has 4 nitrogen and oxygen atoms in total. The van der Waals surface area contributed by atoms with Crippen molar-refractivity contribution < 1.29 is 9.15 Å². The van der Waals surface area contributed by atoms with E-state index in [0.717, 1.165) is 11.4 Å². The fraction of sp³-hybridized carbons (Fsp3) is 0.211. The fourth-order valence-electron chi connectivity index (χ4n) is 6.49. The maximum Gasteiger partial charge on any atom is 0.209 e. The molecule has 2 aliphatic rings. The first-order chi connectivity index (χ1) is 20.7. The van der Waals surface area contributed by atoms with Crippen LogP contribution in [0.15, 0.2) is 131 Å². The van der Waals surface area contributed by atoms with Crippen LogP contribution in [0.2, 0.25) is 0 Å². The minimum absolute atomic E-state index is 0.0560. The molecule has 4 aromatic rings. The molecule has 0 saturated heterocycles. The predicted octanol–water partition coefficient (Wildman–Crippen LogP) is 9.10. The van der Waals surface area contributed by atoms with E-state index in [-0.39, 0.29) is 10.8 Å². The van der Waals surface area contributed by atoms with E-state index >= 15 is 0 Å². The lowest BCUT2D eigenvalue weighted by Crippen LogP contribution is -2.26. The van der Waals surface area contributed by atoms with E-state index in [4.69, 9.17) is 0 Å². The third-order valence-corrected chi connectivity index (χ3v) is 9.99. The summed E-state index contributed by atoms with van der Waals surface area (Å²) in [6.45, 7) is 9.17. The highest BCUT2D eigenvalue weighted by Gasteiger charge is 2.43. The number of hydrogen-bond acceptors (Lipinski definition) is 3. The molecule has 0 atom stereocenters. The zero-order valence-electron chi connectivity index (χ0n) is 25.8. The van der Waals surface area contributed by atoms with Gasteiger partial charge in [-0.15, -0.1) is 0 Å². The van der Waals surface area contributed by atoms with Crippen LogP contribution >= 0.6 is 11.8 Å². The van der Waals surface area contributed by atoms with Crippen LogP contribution in [-0.2, 0) is 10.8 Å². The van der Waals surface area contributed by atoms with Crippen LogP contribution in [0.4, 0.5) is 22.7 Å². The van der Waals surface area contributed by atoms with Crippen LogP contribution in [0.3, 0.4) is 0 Å². The van der Waals surface area contributed by atoms with Crippen molar-refractivity contribution in [2.24, 2.45) is 0 Å². The lowest BCUT2D eigenvalue weighted by atomic mass is 9.81. The SMILES string of the molecule is C[N+]1=C(/C=C/Nc2ccccc2Sc2ccccc2N/C=C/C2=[N+](C)c3ccccc3C2(C)C)C(C)(C)c2ccccc21. The van der Waals surface area contributed by atoms with Crippen LogP contribution in [0.5, 0.6) is 0 Å². The van der Waals surface area contributed by atoms with Gasteiger partial charge in [-0.1, -0.05) is 72.4 Å². The lowest BCUT2D eigenvalue weighted by molar-refractivity contribution is -0.401. The summed E-state index contributed by atoms with van der Waals surface area (Å²) in [7, 11) is 4.30. The van der Waals surface area contributed by atoms with Gasteiger partial charge in [0.15, 0.2) is 11.4 Å². The van der Waals surface area contributed by atoms with E-state index in [2.05, 4.69) is 183 Å². The van der Waals surface area contributed by atoms with Gasteiger partial charge < -0.3 is 10.6 Å². The smallest absolute Gasteiger partial charge is 0.209 e. The van der Waals surface area contributed by atoms with E-state index in [1.54, 1.807) is 11.8 Å². The van der Waals surface area contributed by atoms with Crippen LogP contribution in [0.1, 0.15) is 38.8 Å². The first-order valence-corrected chi connectivity index (χ1v) is 15.6. The molecule has 0 unspecified atom stereocenters. The Morgan fingerprint density at radius 2 is 0.907 bits per heavy atom. The van der Waals surface area contributed by atoms with E-state index in [9.17, 15) is 0 Å². The summed E-state index contributed by atoms with van der Waals surface area (Å²) in [5.74, 6) is 0. The van der Waals surface area contributed by atoms with E-state index in [0.29, 0.717) is 0 Å². The Morgan fingerprint density at radius 1 is 0.535 bits per heavy atom. The number of anilines is 2. The van der Waals surface area contributed by atoms with Gasteiger partial charge in [0.1, 0.15) is 14.1 Å². The summed E-state index contributed by atoms with van der Waals surface area (Å²) in [5.41, 5.74) is 9.84. The molecule has 0 saturated carbocycles. The Kier molecular flexibility index (Phi) is 7.61. The van der Waals surface area contributed by atoms with Crippen molar-refractivity contribution in [2.45, 2.75) is 48.3 Å². The Morgan fingerprint density at radius 3 is 1.33 bits per heavy atom. The lowest BCUT2D eigenvalue weighted by Gasteiger charge is -2.16. The Hall–Kier alpha value is -4.35. The average molecular weight is 585 g/mol. The Bertz CT molecular complexity index is 1690. The number of nitrogens with one attached hydrogen (secondary N) is 2. The number of allylic oxidation sites excluding steroid dienone is 2. The second-order valence-electron chi connectivity index (χ2n) is 12.2. The molecule has 2 N–H and O–H groups in total. The van der Waals surface area contributed by atoms with Gasteiger partial charge in [-0.2, -0.15) is 9.15 Å². The summed E-state index contributed by atoms with van der Waals surface area (Å²) in [6.07, 6.45) is 8.56. The van der Waals surface area contributed by atoms with Crippen molar-refractivity contribution in [1.29, 1.82) is 0 Å².